The maximum atomic E-state index is 7.17. The molecule has 1 atom stereocenters. The monoisotopic (exact) mass is 503 g/mol. The molecule has 0 aromatic rings. The summed E-state index contributed by atoms with van der Waals surface area (Å²) in [7, 11) is -2.00. The number of allylic oxidation sites excluding steroid dienone is 6. The molecule has 0 aliphatic heterocycles. The standard InChI is InChI=1S/C25H41OSi.2ClH.Ti/c1-22(2,3)19-16-17-25(26-24(7,8)9,21(18-19)23(4,5)6)27(10,11)20-14-12-13-15-20;;;/h12,14,16,18H,13,17H2,1-11H3;2*1H;/q;;;+2/p-2. The Balaban J connectivity index is 0.00000420. The van der Waals surface area contributed by atoms with Gasteiger partial charge in [0.15, 0.2) is 0 Å². The van der Waals surface area contributed by atoms with Gasteiger partial charge in [-0.25, -0.2) is 0 Å². The van der Waals surface area contributed by atoms with Crippen LogP contribution >= 0.6 is 0 Å². The minimum atomic E-state index is -2.00. The molecule has 0 fully saturated rings. The van der Waals surface area contributed by atoms with Crippen LogP contribution in [0.3, 0.4) is 0 Å². The van der Waals surface area contributed by atoms with Crippen LogP contribution in [-0.2, 0) is 25.2 Å². The molecule has 0 saturated heterocycles. The van der Waals surface area contributed by atoms with Gasteiger partial charge >= 0.3 is 188 Å². The number of hydrogen-bond donors (Lipinski definition) is 0. The van der Waals surface area contributed by atoms with Crippen molar-refractivity contribution >= 4 is 8.07 Å². The molecule has 0 spiro atoms. The van der Waals surface area contributed by atoms with Crippen LogP contribution in [0.5, 0.6) is 0 Å². The van der Waals surface area contributed by atoms with Crippen molar-refractivity contribution in [3.8, 4) is 0 Å². The molecule has 0 radical (unpaired) electrons. The molecule has 0 aromatic heterocycles. The van der Waals surface area contributed by atoms with Crippen LogP contribution in [0.1, 0.15) is 75.2 Å². The van der Waals surface area contributed by atoms with E-state index in [0.717, 1.165) is 12.8 Å². The summed E-state index contributed by atoms with van der Waals surface area (Å²) in [6, 6.07) is 0. The predicted octanol–water partition coefficient (Wildman–Crippen LogP) is 1.44. The zero-order valence-corrected chi connectivity index (χ0v) is 25.0. The predicted molar refractivity (Wildman–Crippen MR) is 122 cm³/mol. The Morgan fingerprint density at radius 2 is 1.47 bits per heavy atom. The van der Waals surface area contributed by atoms with E-state index >= 15 is 0 Å². The van der Waals surface area contributed by atoms with Crippen LogP contribution in [-0.4, -0.2) is 18.9 Å². The van der Waals surface area contributed by atoms with Crippen LogP contribution in [0.25, 0.3) is 0 Å². The molecule has 169 valence electrons. The van der Waals surface area contributed by atoms with Crippen molar-refractivity contribution in [2.24, 2.45) is 10.8 Å². The zero-order chi connectivity index (χ0) is 21.8. The van der Waals surface area contributed by atoms with Crippen LogP contribution in [0.4, 0.5) is 0 Å². The summed E-state index contributed by atoms with van der Waals surface area (Å²) in [4.78, 5) is 0. The summed E-state index contributed by atoms with van der Waals surface area (Å²) >= 11 is 2.31. The average molecular weight is 504 g/mol. The first-order chi connectivity index (χ1) is 12.4. The van der Waals surface area contributed by atoms with Crippen LogP contribution < -0.4 is 24.8 Å². The van der Waals surface area contributed by atoms with E-state index in [-0.39, 0.29) is 46.5 Å². The van der Waals surface area contributed by atoms with Crippen LogP contribution in [0.2, 0.25) is 13.1 Å². The van der Waals surface area contributed by atoms with Gasteiger partial charge in [0.05, 0.1) is 0 Å². The van der Waals surface area contributed by atoms with Gasteiger partial charge in [0.2, 0.25) is 0 Å². The molecular weight excluding hydrogens is 463 g/mol. The van der Waals surface area contributed by atoms with Gasteiger partial charge in [0.25, 0.3) is 0 Å². The van der Waals surface area contributed by atoms with Crippen molar-refractivity contribution in [2.75, 3.05) is 0 Å². The molecule has 0 amide bonds. The molecule has 2 aliphatic carbocycles. The maximum absolute atomic E-state index is 7.17. The van der Waals surface area contributed by atoms with Crippen molar-refractivity contribution in [1.29, 1.82) is 0 Å². The van der Waals surface area contributed by atoms with Crippen LogP contribution in [0, 0.1) is 10.8 Å². The van der Waals surface area contributed by atoms with Gasteiger partial charge in [-0.1, -0.05) is 0 Å². The maximum Gasteiger partial charge on any atom is -1.00 e. The fourth-order valence-corrected chi connectivity index (χ4v) is 10.6. The molecular formula is C25H41Cl2OSiTi. The molecule has 5 heteroatoms. The smallest absolute Gasteiger partial charge is 1.00 e. The summed E-state index contributed by atoms with van der Waals surface area (Å²) in [6.07, 6.45) is 11.8. The molecule has 1 nitrogen and oxygen atoms in total. The second-order valence-electron chi connectivity index (χ2n) is 12.1. The molecule has 0 saturated carbocycles. The van der Waals surface area contributed by atoms with Gasteiger partial charge in [-0.2, -0.15) is 0 Å². The van der Waals surface area contributed by atoms with Crippen molar-refractivity contribution in [3.05, 3.63) is 44.5 Å². The van der Waals surface area contributed by atoms with E-state index in [0.29, 0.717) is 0 Å². The number of halogens is 2. The quantitative estimate of drug-likeness (QED) is 0.529. The normalized spacial score (nSPS) is 23.0. The second kappa shape index (κ2) is 9.74. The molecule has 0 heterocycles. The third kappa shape index (κ3) is 6.06. The fourth-order valence-electron chi connectivity index (χ4n) is 4.69. The fraction of sp³-hybridized carbons (Fsp3) is 0.680. The van der Waals surface area contributed by atoms with E-state index in [4.69, 9.17) is 4.74 Å². The Hall–Kier alpha value is 0.431. The minimum Gasteiger partial charge on any atom is -1.00 e. The van der Waals surface area contributed by atoms with E-state index in [1.165, 1.54) is 15.0 Å². The second-order valence-corrected chi connectivity index (χ2v) is 17.6. The average Bonchev–Trinajstić information content (AvgIpc) is 2.90. The third-order valence-electron chi connectivity index (χ3n) is 6.11. The van der Waals surface area contributed by atoms with E-state index in [1.54, 1.807) is 5.20 Å². The van der Waals surface area contributed by atoms with E-state index in [2.05, 4.69) is 120 Å². The van der Waals surface area contributed by atoms with E-state index < -0.39 is 8.07 Å². The zero-order valence-electron chi connectivity index (χ0n) is 20.9. The first-order valence-electron chi connectivity index (χ1n) is 10.7. The van der Waals surface area contributed by atoms with Crippen LogP contribution in [0.15, 0.2) is 44.5 Å². The SMILES string of the molecule is CC(C)(C)OC1([Si](C)(C)C2=[C]([Ti+2])CC=C2)CC=C(C(C)(C)C)C=C1C(C)(C)C.[Cl-].[Cl-]. The molecule has 2 aliphatic rings. The Morgan fingerprint density at radius 3 is 1.83 bits per heavy atom. The van der Waals surface area contributed by atoms with Gasteiger partial charge in [-0.3, -0.25) is 0 Å². The topological polar surface area (TPSA) is 9.23 Å². The Morgan fingerprint density at radius 1 is 0.933 bits per heavy atom. The molecule has 2 rings (SSSR count). The van der Waals surface area contributed by atoms with Gasteiger partial charge in [-0.05, 0) is 0 Å². The summed E-state index contributed by atoms with van der Waals surface area (Å²) in [5.41, 5.74) is 2.94. The Bertz CT molecular complexity index is 755. The van der Waals surface area contributed by atoms with Crippen molar-refractivity contribution < 1.29 is 50.0 Å². The van der Waals surface area contributed by atoms with E-state index in [9.17, 15) is 0 Å². The molecule has 30 heavy (non-hydrogen) atoms. The number of rotatable bonds is 3. The summed E-state index contributed by atoms with van der Waals surface area (Å²) in [5.74, 6) is 0. The molecule has 0 aromatic carbocycles. The summed E-state index contributed by atoms with van der Waals surface area (Å²) < 4.78 is 8.71. The van der Waals surface area contributed by atoms with Crippen molar-refractivity contribution in [3.63, 3.8) is 0 Å². The van der Waals surface area contributed by atoms with Crippen molar-refractivity contribution in [2.45, 2.75) is 99.1 Å². The first kappa shape index (κ1) is 30.4. The minimum absolute atomic E-state index is 0. The number of hydrogen-bond acceptors (Lipinski definition) is 1. The van der Waals surface area contributed by atoms with Crippen molar-refractivity contribution in [1.82, 2.24) is 0 Å². The summed E-state index contributed by atoms with van der Waals surface area (Å²) in [6.45, 7) is 25.8. The van der Waals surface area contributed by atoms with E-state index in [1.807, 2.05) is 0 Å². The largest absolute Gasteiger partial charge is 1.00 e. The number of ether oxygens (including phenoxy) is 1. The van der Waals surface area contributed by atoms with Gasteiger partial charge in [-0.15, -0.1) is 0 Å². The van der Waals surface area contributed by atoms with Gasteiger partial charge in [0.1, 0.15) is 0 Å². The Labute approximate surface area is 211 Å². The molecule has 0 bridgehead atoms. The Kier molecular flexibility index (Phi) is 9.88. The first-order valence-corrected chi connectivity index (χ1v) is 14.5. The molecule has 0 N–H and O–H groups in total. The molecule has 1 unspecified atom stereocenters. The summed E-state index contributed by atoms with van der Waals surface area (Å²) in [5, 5.41) is 1.35. The van der Waals surface area contributed by atoms with Gasteiger partial charge in [0, 0.05) is 0 Å². The third-order valence-corrected chi connectivity index (χ3v) is 11.7. The van der Waals surface area contributed by atoms with Gasteiger partial charge < -0.3 is 24.8 Å².